The molecule has 1 fully saturated rings. The van der Waals surface area contributed by atoms with Gasteiger partial charge in [-0.05, 0) is 24.7 Å². The highest BCUT2D eigenvalue weighted by Gasteiger charge is 2.19. The summed E-state index contributed by atoms with van der Waals surface area (Å²) in [5.41, 5.74) is 2.49. The first-order valence-electron chi connectivity index (χ1n) is 9.96. The number of aromatic nitrogens is 3. The molecular formula is C22H27N5S. The predicted molar refractivity (Wildman–Crippen MR) is 115 cm³/mol. The van der Waals surface area contributed by atoms with Crippen molar-refractivity contribution in [2.45, 2.75) is 26.7 Å². The van der Waals surface area contributed by atoms with Gasteiger partial charge in [-0.3, -0.25) is 9.80 Å². The van der Waals surface area contributed by atoms with Gasteiger partial charge in [0.15, 0.2) is 10.6 Å². The molecule has 0 saturated carbocycles. The molecule has 0 bridgehead atoms. The van der Waals surface area contributed by atoms with E-state index in [0.717, 1.165) is 62.1 Å². The van der Waals surface area contributed by atoms with Crippen molar-refractivity contribution in [3.8, 4) is 11.4 Å². The number of hydrogen-bond acceptors (Lipinski definition) is 4. The Morgan fingerprint density at radius 1 is 0.857 bits per heavy atom. The molecule has 0 radical (unpaired) electrons. The highest BCUT2D eigenvalue weighted by atomic mass is 32.1. The fraction of sp³-hybridized carbons (Fsp3) is 0.364. The molecule has 5 nitrogen and oxygen atoms in total. The van der Waals surface area contributed by atoms with Crippen LogP contribution in [0.25, 0.3) is 11.4 Å². The van der Waals surface area contributed by atoms with Crippen LogP contribution < -0.4 is 0 Å². The third-order valence-electron chi connectivity index (χ3n) is 5.32. The summed E-state index contributed by atoms with van der Waals surface area (Å²) in [7, 11) is 0. The topological polar surface area (TPSA) is 29.2 Å². The molecule has 1 aliphatic heterocycles. The molecule has 2 heterocycles. The second-order valence-electron chi connectivity index (χ2n) is 7.24. The van der Waals surface area contributed by atoms with Crippen molar-refractivity contribution >= 4 is 12.2 Å². The molecule has 4 rings (SSSR count). The molecule has 28 heavy (non-hydrogen) atoms. The van der Waals surface area contributed by atoms with Crippen molar-refractivity contribution in [2.75, 3.05) is 26.2 Å². The van der Waals surface area contributed by atoms with Gasteiger partial charge in [0, 0.05) is 44.8 Å². The number of hydrogen-bond donors (Lipinski definition) is 0. The SMILES string of the molecule is CCn1c(-c2ccccc2)nn(CN2CCN(Cc3ccccc3)CC2)c1=S. The average Bonchev–Trinajstić information content (AvgIpc) is 3.06. The maximum Gasteiger partial charge on any atom is 0.199 e. The van der Waals surface area contributed by atoms with E-state index in [1.165, 1.54) is 5.56 Å². The van der Waals surface area contributed by atoms with Crippen molar-refractivity contribution in [3.63, 3.8) is 0 Å². The standard InChI is InChI=1S/C22H27N5S/c1-2-26-21(20-11-7-4-8-12-20)23-27(22(26)28)18-25-15-13-24(14-16-25)17-19-9-5-3-6-10-19/h3-12H,2,13-18H2,1H3. The van der Waals surface area contributed by atoms with E-state index < -0.39 is 0 Å². The lowest BCUT2D eigenvalue weighted by atomic mass is 10.2. The fourth-order valence-electron chi connectivity index (χ4n) is 3.74. The Morgan fingerprint density at radius 2 is 1.46 bits per heavy atom. The lowest BCUT2D eigenvalue weighted by molar-refractivity contribution is 0.0980. The number of nitrogens with zero attached hydrogens (tertiary/aromatic N) is 5. The predicted octanol–water partition coefficient (Wildman–Crippen LogP) is 3.88. The quantitative estimate of drug-likeness (QED) is 0.595. The molecule has 1 saturated heterocycles. The highest BCUT2D eigenvalue weighted by molar-refractivity contribution is 7.71. The normalized spacial score (nSPS) is 15.8. The van der Waals surface area contributed by atoms with E-state index in [4.69, 9.17) is 17.3 Å². The number of piperazine rings is 1. The summed E-state index contributed by atoms with van der Waals surface area (Å²) < 4.78 is 4.90. The molecule has 1 aromatic heterocycles. The molecule has 0 aliphatic carbocycles. The lowest BCUT2D eigenvalue weighted by Gasteiger charge is -2.34. The zero-order valence-electron chi connectivity index (χ0n) is 16.4. The number of benzene rings is 2. The van der Waals surface area contributed by atoms with Crippen molar-refractivity contribution in [3.05, 3.63) is 71.0 Å². The van der Waals surface area contributed by atoms with Crippen LogP contribution in [0.4, 0.5) is 0 Å². The van der Waals surface area contributed by atoms with Crippen LogP contribution in [0, 0.1) is 4.77 Å². The molecule has 1 aliphatic rings. The Kier molecular flexibility index (Phi) is 6.00. The summed E-state index contributed by atoms with van der Waals surface area (Å²) >= 11 is 5.72. The third-order valence-corrected chi connectivity index (χ3v) is 5.75. The van der Waals surface area contributed by atoms with E-state index in [1.54, 1.807) is 0 Å². The van der Waals surface area contributed by atoms with Crippen LogP contribution in [0.2, 0.25) is 0 Å². The summed E-state index contributed by atoms with van der Waals surface area (Å²) in [5, 5.41) is 4.85. The second-order valence-corrected chi connectivity index (χ2v) is 7.60. The molecule has 0 spiro atoms. The van der Waals surface area contributed by atoms with Crippen LogP contribution in [0.3, 0.4) is 0 Å². The van der Waals surface area contributed by atoms with Gasteiger partial charge in [-0.1, -0.05) is 60.7 Å². The zero-order valence-corrected chi connectivity index (χ0v) is 17.2. The summed E-state index contributed by atoms with van der Waals surface area (Å²) in [6.07, 6.45) is 0. The minimum Gasteiger partial charge on any atom is -0.300 e. The Bertz CT molecular complexity index is 940. The molecule has 146 valence electrons. The maximum absolute atomic E-state index is 5.72. The van der Waals surface area contributed by atoms with Gasteiger partial charge in [-0.2, -0.15) is 5.10 Å². The molecule has 2 aromatic carbocycles. The summed E-state index contributed by atoms with van der Waals surface area (Å²) in [6.45, 7) is 8.94. The van der Waals surface area contributed by atoms with Crippen molar-refractivity contribution < 1.29 is 0 Å². The van der Waals surface area contributed by atoms with Gasteiger partial charge in [0.1, 0.15) is 0 Å². The van der Waals surface area contributed by atoms with Crippen LogP contribution in [-0.4, -0.2) is 50.3 Å². The van der Waals surface area contributed by atoms with Gasteiger partial charge < -0.3 is 4.57 Å². The van der Waals surface area contributed by atoms with Gasteiger partial charge in [0.25, 0.3) is 0 Å². The van der Waals surface area contributed by atoms with Gasteiger partial charge in [-0.15, -0.1) is 0 Å². The summed E-state index contributed by atoms with van der Waals surface area (Å²) in [6, 6.07) is 21.0. The smallest absolute Gasteiger partial charge is 0.199 e. The Hall–Kier alpha value is -2.28. The molecule has 0 amide bonds. The van der Waals surface area contributed by atoms with Crippen LogP contribution >= 0.6 is 12.2 Å². The molecular weight excluding hydrogens is 366 g/mol. The summed E-state index contributed by atoms with van der Waals surface area (Å²) in [5.74, 6) is 0.954. The van der Waals surface area contributed by atoms with Crippen molar-refractivity contribution in [1.82, 2.24) is 24.1 Å². The van der Waals surface area contributed by atoms with E-state index in [-0.39, 0.29) is 0 Å². The fourth-order valence-corrected chi connectivity index (χ4v) is 4.05. The number of rotatable bonds is 6. The Morgan fingerprint density at radius 3 is 2.11 bits per heavy atom. The van der Waals surface area contributed by atoms with Crippen LogP contribution in [-0.2, 0) is 19.8 Å². The first-order valence-corrected chi connectivity index (χ1v) is 10.4. The first-order chi connectivity index (χ1) is 13.7. The monoisotopic (exact) mass is 393 g/mol. The third kappa shape index (κ3) is 4.24. The summed E-state index contributed by atoms with van der Waals surface area (Å²) in [4.78, 5) is 4.96. The maximum atomic E-state index is 5.72. The minimum atomic E-state index is 0.755. The van der Waals surface area contributed by atoms with E-state index in [2.05, 4.69) is 63.8 Å². The highest BCUT2D eigenvalue weighted by Crippen LogP contribution is 2.18. The first kappa shape index (κ1) is 19.1. The van der Waals surface area contributed by atoms with Crippen LogP contribution in [0.15, 0.2) is 60.7 Å². The lowest BCUT2D eigenvalue weighted by Crippen LogP contribution is -2.46. The van der Waals surface area contributed by atoms with E-state index >= 15 is 0 Å². The van der Waals surface area contributed by atoms with E-state index in [1.807, 2.05) is 22.9 Å². The molecule has 0 unspecified atom stereocenters. The van der Waals surface area contributed by atoms with Crippen LogP contribution in [0.5, 0.6) is 0 Å². The minimum absolute atomic E-state index is 0.755. The van der Waals surface area contributed by atoms with Gasteiger partial charge >= 0.3 is 0 Å². The largest absolute Gasteiger partial charge is 0.300 e. The Labute approximate surface area is 171 Å². The van der Waals surface area contributed by atoms with Gasteiger partial charge in [-0.25, -0.2) is 4.68 Å². The van der Waals surface area contributed by atoms with Crippen molar-refractivity contribution in [2.24, 2.45) is 0 Å². The van der Waals surface area contributed by atoms with E-state index in [9.17, 15) is 0 Å². The average molecular weight is 394 g/mol. The van der Waals surface area contributed by atoms with Crippen LogP contribution in [0.1, 0.15) is 12.5 Å². The molecule has 3 aromatic rings. The van der Waals surface area contributed by atoms with Gasteiger partial charge in [0.05, 0.1) is 6.67 Å². The van der Waals surface area contributed by atoms with Crippen molar-refractivity contribution in [1.29, 1.82) is 0 Å². The molecule has 6 heteroatoms. The van der Waals surface area contributed by atoms with E-state index in [0.29, 0.717) is 0 Å². The van der Waals surface area contributed by atoms with Gasteiger partial charge in [0.2, 0.25) is 0 Å². The molecule has 0 N–H and O–H groups in total. The zero-order chi connectivity index (χ0) is 19.3. The second kappa shape index (κ2) is 8.82. The molecule has 0 atom stereocenters. The Balaban J connectivity index is 1.41.